The van der Waals surface area contributed by atoms with Gasteiger partial charge in [0.05, 0.1) is 15.1 Å². The van der Waals surface area contributed by atoms with Crippen molar-refractivity contribution in [1.29, 1.82) is 0 Å². The predicted octanol–water partition coefficient (Wildman–Crippen LogP) is 2.80. The number of carbonyl (C=O) groups is 1. The average molecular weight is 459 g/mol. The number of nitrogens with two attached hydrogens (primary N) is 1. The van der Waals surface area contributed by atoms with Crippen molar-refractivity contribution < 1.29 is 13.2 Å². The standard InChI is InChI=1S/C14H10IN3O3S2/c15-9-3-1-8(2-4-9)13(19)18-14-17-11-6-5-10(23(16,20)21)7-12(11)22-14/h1-7H,(H2,16,20,21)(H,17,18,19). The number of rotatable bonds is 3. The highest BCUT2D eigenvalue weighted by Crippen LogP contribution is 2.28. The van der Waals surface area contributed by atoms with Crippen molar-refractivity contribution in [2.75, 3.05) is 5.32 Å². The number of thiazole rings is 1. The van der Waals surface area contributed by atoms with Crippen LogP contribution in [0.5, 0.6) is 0 Å². The van der Waals surface area contributed by atoms with Crippen LogP contribution in [0.25, 0.3) is 10.2 Å². The van der Waals surface area contributed by atoms with Gasteiger partial charge in [-0.05, 0) is 65.1 Å². The number of nitrogens with zero attached hydrogens (tertiary/aromatic N) is 1. The monoisotopic (exact) mass is 459 g/mol. The Labute approximate surface area is 149 Å². The molecule has 0 aliphatic heterocycles. The van der Waals surface area contributed by atoms with Crippen molar-refractivity contribution >= 4 is 65.2 Å². The second kappa shape index (κ2) is 6.15. The molecule has 1 amide bonds. The van der Waals surface area contributed by atoms with Crippen LogP contribution in [0.3, 0.4) is 0 Å². The zero-order valence-electron chi connectivity index (χ0n) is 11.5. The van der Waals surface area contributed by atoms with Gasteiger partial charge < -0.3 is 0 Å². The zero-order chi connectivity index (χ0) is 16.6. The van der Waals surface area contributed by atoms with Crippen LogP contribution in [0.15, 0.2) is 47.4 Å². The Morgan fingerprint density at radius 3 is 2.52 bits per heavy atom. The molecule has 0 aliphatic carbocycles. The van der Waals surface area contributed by atoms with E-state index in [2.05, 4.69) is 32.9 Å². The van der Waals surface area contributed by atoms with E-state index in [1.165, 1.54) is 23.5 Å². The molecule has 3 rings (SSSR count). The maximum absolute atomic E-state index is 12.2. The van der Waals surface area contributed by atoms with Gasteiger partial charge in [0.1, 0.15) is 0 Å². The predicted molar refractivity (Wildman–Crippen MR) is 98.1 cm³/mol. The van der Waals surface area contributed by atoms with Crippen molar-refractivity contribution in [2.24, 2.45) is 5.14 Å². The number of aromatic nitrogens is 1. The second-order valence-corrected chi connectivity index (χ2v) is 8.49. The highest BCUT2D eigenvalue weighted by atomic mass is 127. The number of hydrogen-bond donors (Lipinski definition) is 2. The minimum atomic E-state index is -3.76. The summed E-state index contributed by atoms with van der Waals surface area (Å²) in [7, 11) is -3.76. The molecule has 9 heteroatoms. The van der Waals surface area contributed by atoms with Gasteiger partial charge in [0, 0.05) is 9.13 Å². The molecule has 0 fully saturated rings. The van der Waals surface area contributed by atoms with Crippen LogP contribution < -0.4 is 10.5 Å². The van der Waals surface area contributed by atoms with Crippen molar-refractivity contribution in [3.05, 3.63) is 51.6 Å². The van der Waals surface area contributed by atoms with E-state index in [1.54, 1.807) is 18.2 Å². The Morgan fingerprint density at radius 1 is 1.17 bits per heavy atom. The number of amides is 1. The number of carbonyl (C=O) groups excluding carboxylic acids is 1. The summed E-state index contributed by atoms with van der Waals surface area (Å²) in [5.74, 6) is -0.271. The molecule has 1 aromatic heterocycles. The summed E-state index contributed by atoms with van der Waals surface area (Å²) in [4.78, 5) is 16.5. The molecule has 0 saturated heterocycles. The van der Waals surface area contributed by atoms with Gasteiger partial charge in [-0.2, -0.15) is 0 Å². The molecule has 6 nitrogen and oxygen atoms in total. The van der Waals surface area contributed by atoms with Crippen molar-refractivity contribution in [1.82, 2.24) is 4.98 Å². The van der Waals surface area contributed by atoms with Gasteiger partial charge in [0.15, 0.2) is 5.13 Å². The normalized spacial score (nSPS) is 11.6. The fourth-order valence-corrected chi connectivity index (χ4v) is 3.78. The summed E-state index contributed by atoms with van der Waals surface area (Å²) in [5, 5.41) is 8.22. The Bertz CT molecular complexity index is 998. The number of benzene rings is 2. The molecule has 118 valence electrons. The molecule has 1 heterocycles. The lowest BCUT2D eigenvalue weighted by molar-refractivity contribution is 0.102. The van der Waals surface area contributed by atoms with E-state index in [1.807, 2.05) is 12.1 Å². The molecule has 23 heavy (non-hydrogen) atoms. The summed E-state index contributed by atoms with van der Waals surface area (Å²) in [6.07, 6.45) is 0. The number of hydrogen-bond acceptors (Lipinski definition) is 5. The average Bonchev–Trinajstić information content (AvgIpc) is 2.88. The molecule has 0 atom stereocenters. The topological polar surface area (TPSA) is 102 Å². The molecule has 2 aromatic carbocycles. The number of anilines is 1. The third-order valence-electron chi connectivity index (χ3n) is 3.02. The van der Waals surface area contributed by atoms with E-state index in [-0.39, 0.29) is 10.8 Å². The van der Waals surface area contributed by atoms with Crippen LogP contribution in [-0.2, 0) is 10.0 Å². The Morgan fingerprint density at radius 2 is 1.87 bits per heavy atom. The second-order valence-electron chi connectivity index (χ2n) is 4.65. The third kappa shape index (κ3) is 3.68. The quantitative estimate of drug-likeness (QED) is 0.588. The molecule has 0 spiro atoms. The number of primary sulfonamides is 1. The Balaban J connectivity index is 1.89. The van der Waals surface area contributed by atoms with Gasteiger partial charge in [-0.1, -0.05) is 11.3 Å². The number of halogens is 1. The lowest BCUT2D eigenvalue weighted by atomic mass is 10.2. The van der Waals surface area contributed by atoms with Gasteiger partial charge >= 0.3 is 0 Å². The van der Waals surface area contributed by atoms with Gasteiger partial charge in [0.25, 0.3) is 5.91 Å². The first-order valence-electron chi connectivity index (χ1n) is 6.33. The van der Waals surface area contributed by atoms with Gasteiger partial charge in [-0.3, -0.25) is 10.1 Å². The van der Waals surface area contributed by atoms with Crippen LogP contribution in [0.1, 0.15) is 10.4 Å². The first kappa shape index (κ1) is 16.3. The SMILES string of the molecule is NS(=O)(=O)c1ccc2nc(NC(=O)c3ccc(I)cc3)sc2c1. The maximum atomic E-state index is 12.2. The van der Waals surface area contributed by atoms with Gasteiger partial charge in [-0.25, -0.2) is 18.5 Å². The molecule has 3 aromatic rings. The van der Waals surface area contributed by atoms with Crippen LogP contribution in [-0.4, -0.2) is 19.3 Å². The van der Waals surface area contributed by atoms with E-state index in [4.69, 9.17) is 5.14 Å². The van der Waals surface area contributed by atoms with E-state index in [0.29, 0.717) is 20.9 Å². The minimum absolute atomic E-state index is 0.0177. The van der Waals surface area contributed by atoms with Crippen LogP contribution in [0.4, 0.5) is 5.13 Å². The number of fused-ring (bicyclic) bond motifs is 1. The van der Waals surface area contributed by atoms with Gasteiger partial charge in [0.2, 0.25) is 10.0 Å². The highest BCUT2D eigenvalue weighted by Gasteiger charge is 2.13. The van der Waals surface area contributed by atoms with Crippen molar-refractivity contribution in [3.63, 3.8) is 0 Å². The van der Waals surface area contributed by atoms with Crippen LogP contribution in [0, 0.1) is 3.57 Å². The molecule has 0 bridgehead atoms. The van der Waals surface area contributed by atoms with Crippen LogP contribution >= 0.6 is 33.9 Å². The largest absolute Gasteiger partial charge is 0.298 e. The zero-order valence-corrected chi connectivity index (χ0v) is 15.3. The molecule has 0 aliphatic rings. The smallest absolute Gasteiger partial charge is 0.257 e. The van der Waals surface area contributed by atoms with E-state index in [9.17, 15) is 13.2 Å². The summed E-state index contributed by atoms with van der Waals surface area (Å²) in [5.41, 5.74) is 1.12. The fraction of sp³-hybridized carbons (Fsp3) is 0. The Kier molecular flexibility index (Phi) is 4.36. The first-order chi connectivity index (χ1) is 10.8. The van der Waals surface area contributed by atoms with E-state index < -0.39 is 10.0 Å². The molecule has 3 N–H and O–H groups in total. The Hall–Kier alpha value is -1.56. The molecule has 0 saturated carbocycles. The number of sulfonamides is 1. The molecular weight excluding hydrogens is 449 g/mol. The van der Waals surface area contributed by atoms with E-state index >= 15 is 0 Å². The molecular formula is C14H10IN3O3S2. The summed E-state index contributed by atoms with van der Waals surface area (Å²) in [6.45, 7) is 0. The summed E-state index contributed by atoms with van der Waals surface area (Å²) < 4.78 is 24.4. The maximum Gasteiger partial charge on any atom is 0.257 e. The van der Waals surface area contributed by atoms with Crippen molar-refractivity contribution in [2.45, 2.75) is 4.90 Å². The minimum Gasteiger partial charge on any atom is -0.298 e. The lowest BCUT2D eigenvalue weighted by Crippen LogP contribution is -2.11. The summed E-state index contributed by atoms with van der Waals surface area (Å²) >= 11 is 3.35. The summed E-state index contributed by atoms with van der Waals surface area (Å²) in [6, 6.07) is 11.5. The van der Waals surface area contributed by atoms with Crippen molar-refractivity contribution in [3.8, 4) is 0 Å². The fourth-order valence-electron chi connectivity index (χ4n) is 1.91. The first-order valence-corrected chi connectivity index (χ1v) is 9.77. The van der Waals surface area contributed by atoms with Gasteiger partial charge in [-0.15, -0.1) is 0 Å². The van der Waals surface area contributed by atoms with Crippen LogP contribution in [0.2, 0.25) is 0 Å². The van der Waals surface area contributed by atoms with E-state index in [0.717, 1.165) is 3.57 Å². The lowest BCUT2D eigenvalue weighted by Gasteiger charge is -2.01. The third-order valence-corrected chi connectivity index (χ3v) is 5.58. The highest BCUT2D eigenvalue weighted by molar-refractivity contribution is 14.1. The molecule has 0 unspecified atom stereocenters. The number of nitrogens with one attached hydrogen (secondary N) is 1. The molecule has 0 radical (unpaired) electrons.